The molecule has 2 aromatic rings. The van der Waals surface area contributed by atoms with Crippen LogP contribution in [-0.2, 0) is 6.54 Å². The van der Waals surface area contributed by atoms with E-state index in [1.165, 1.54) is 0 Å². The quantitative estimate of drug-likeness (QED) is 0.754. The first kappa shape index (κ1) is 14.4. The maximum Gasteiger partial charge on any atom is 0.165 e. The molecule has 0 amide bonds. The highest BCUT2D eigenvalue weighted by Crippen LogP contribution is 2.17. The fourth-order valence-corrected chi connectivity index (χ4v) is 2.84. The van der Waals surface area contributed by atoms with Gasteiger partial charge in [0.05, 0.1) is 11.2 Å². The molecule has 1 aromatic carbocycles. The fourth-order valence-electron chi connectivity index (χ4n) is 1.79. The molecule has 0 bridgehead atoms. The Hall–Kier alpha value is -1.04. The number of benzene rings is 1. The third kappa shape index (κ3) is 4.23. The van der Waals surface area contributed by atoms with Gasteiger partial charge in [0.2, 0.25) is 0 Å². The van der Waals surface area contributed by atoms with Gasteiger partial charge in [-0.15, -0.1) is 11.3 Å². The van der Waals surface area contributed by atoms with E-state index in [0.717, 1.165) is 28.8 Å². The van der Waals surface area contributed by atoms with E-state index in [1.54, 1.807) is 11.3 Å². The van der Waals surface area contributed by atoms with Gasteiger partial charge in [0.15, 0.2) is 5.78 Å². The van der Waals surface area contributed by atoms with Gasteiger partial charge in [0, 0.05) is 34.9 Å². The molecule has 0 aliphatic carbocycles. The predicted molar refractivity (Wildman–Crippen MR) is 81.5 cm³/mol. The molecule has 0 saturated carbocycles. The summed E-state index contributed by atoms with van der Waals surface area (Å²) in [6.07, 6.45) is 0.517. The van der Waals surface area contributed by atoms with Crippen molar-refractivity contribution in [1.29, 1.82) is 0 Å². The summed E-state index contributed by atoms with van der Waals surface area (Å²) >= 11 is 5.00. The monoisotopic (exact) mass is 338 g/mol. The summed E-state index contributed by atoms with van der Waals surface area (Å²) in [6, 6.07) is 7.55. The average molecular weight is 339 g/mol. The Bertz CT molecular complexity index is 542. The Balaban J connectivity index is 1.85. The minimum absolute atomic E-state index is 0.164. The molecule has 0 atom stereocenters. The van der Waals surface area contributed by atoms with E-state index in [0.29, 0.717) is 6.42 Å². The highest BCUT2D eigenvalue weighted by molar-refractivity contribution is 9.10. The average Bonchev–Trinajstić information content (AvgIpc) is 2.89. The van der Waals surface area contributed by atoms with E-state index in [1.807, 2.05) is 42.2 Å². The third-order valence-corrected chi connectivity index (χ3v) is 4.14. The zero-order valence-corrected chi connectivity index (χ0v) is 13.1. The summed E-state index contributed by atoms with van der Waals surface area (Å²) in [5.74, 6) is 0.164. The number of hydrogen-bond donors (Lipinski definition) is 0. The Morgan fingerprint density at radius 2 is 2.21 bits per heavy atom. The molecule has 0 aliphatic heterocycles. The summed E-state index contributed by atoms with van der Waals surface area (Å²) in [4.78, 5) is 18.5. The molecule has 2 rings (SSSR count). The van der Waals surface area contributed by atoms with Crippen LogP contribution in [0, 0.1) is 0 Å². The fraction of sp³-hybridized carbons (Fsp3) is 0.286. The number of aromatic nitrogens is 1. The lowest BCUT2D eigenvalue weighted by molar-refractivity contribution is 0.0967. The van der Waals surface area contributed by atoms with E-state index in [-0.39, 0.29) is 5.78 Å². The highest BCUT2D eigenvalue weighted by Gasteiger charge is 2.10. The molecule has 0 saturated heterocycles. The molecule has 0 N–H and O–H groups in total. The number of carbonyl (C=O) groups is 1. The molecule has 0 spiro atoms. The van der Waals surface area contributed by atoms with Crippen molar-refractivity contribution < 1.29 is 4.79 Å². The van der Waals surface area contributed by atoms with Crippen LogP contribution in [0.15, 0.2) is 39.6 Å². The molecule has 1 heterocycles. The van der Waals surface area contributed by atoms with E-state index in [4.69, 9.17) is 0 Å². The number of Topliss-reactive ketones (excluding diaryl/α,β-unsaturated/α-hetero) is 1. The largest absolute Gasteiger partial charge is 0.300 e. The molecule has 3 nitrogen and oxygen atoms in total. The van der Waals surface area contributed by atoms with E-state index >= 15 is 0 Å². The van der Waals surface area contributed by atoms with Crippen LogP contribution >= 0.6 is 27.3 Å². The Labute approximate surface area is 125 Å². The van der Waals surface area contributed by atoms with Gasteiger partial charge >= 0.3 is 0 Å². The van der Waals surface area contributed by atoms with Gasteiger partial charge in [0.25, 0.3) is 0 Å². The second kappa shape index (κ2) is 6.93. The number of nitrogens with zero attached hydrogens (tertiary/aromatic N) is 2. The molecule has 19 heavy (non-hydrogen) atoms. The van der Waals surface area contributed by atoms with Gasteiger partial charge in [0.1, 0.15) is 0 Å². The lowest BCUT2D eigenvalue weighted by Gasteiger charge is -2.14. The Morgan fingerprint density at radius 3 is 2.89 bits per heavy atom. The van der Waals surface area contributed by atoms with Crippen molar-refractivity contribution in [2.75, 3.05) is 13.6 Å². The number of halogens is 1. The SMILES string of the molecule is CN(CCC(=O)c1ccccc1Br)Cc1cscn1. The van der Waals surface area contributed by atoms with Crippen molar-refractivity contribution in [3.8, 4) is 0 Å². The summed E-state index contributed by atoms with van der Waals surface area (Å²) in [6.45, 7) is 1.52. The molecule has 100 valence electrons. The summed E-state index contributed by atoms with van der Waals surface area (Å²) in [5, 5.41) is 2.03. The molecule has 1 aromatic heterocycles. The van der Waals surface area contributed by atoms with Gasteiger partial charge < -0.3 is 4.90 Å². The standard InChI is InChI=1S/C14H15BrN2OS/c1-17(8-11-9-19-10-16-11)7-6-14(18)12-4-2-3-5-13(12)15/h2-5,9-10H,6-8H2,1H3. The Kier molecular flexibility index (Phi) is 5.24. The first-order valence-electron chi connectivity index (χ1n) is 6.00. The zero-order chi connectivity index (χ0) is 13.7. The summed E-state index contributed by atoms with van der Waals surface area (Å²) in [7, 11) is 2.01. The lowest BCUT2D eigenvalue weighted by atomic mass is 10.1. The van der Waals surface area contributed by atoms with Crippen molar-refractivity contribution in [1.82, 2.24) is 9.88 Å². The van der Waals surface area contributed by atoms with E-state index < -0.39 is 0 Å². The smallest absolute Gasteiger partial charge is 0.165 e. The molecule has 0 radical (unpaired) electrons. The second-order valence-corrected chi connectivity index (χ2v) is 5.94. The van der Waals surface area contributed by atoms with Crippen molar-refractivity contribution in [2.45, 2.75) is 13.0 Å². The van der Waals surface area contributed by atoms with Crippen molar-refractivity contribution in [3.05, 3.63) is 50.9 Å². The minimum atomic E-state index is 0.164. The number of rotatable bonds is 6. The first-order valence-corrected chi connectivity index (χ1v) is 7.73. The lowest BCUT2D eigenvalue weighted by Crippen LogP contribution is -2.21. The van der Waals surface area contributed by atoms with Gasteiger partial charge in [-0.2, -0.15) is 0 Å². The predicted octanol–water partition coefficient (Wildman–Crippen LogP) is 3.61. The van der Waals surface area contributed by atoms with E-state index in [9.17, 15) is 4.79 Å². The first-order chi connectivity index (χ1) is 9.16. The second-order valence-electron chi connectivity index (χ2n) is 4.37. The molecular formula is C14H15BrN2OS. The molecule has 5 heteroatoms. The maximum absolute atomic E-state index is 12.1. The van der Waals surface area contributed by atoms with Crippen LogP contribution in [0.1, 0.15) is 22.5 Å². The van der Waals surface area contributed by atoms with Gasteiger partial charge in [-0.1, -0.05) is 34.1 Å². The minimum Gasteiger partial charge on any atom is -0.300 e. The van der Waals surface area contributed by atoms with Crippen molar-refractivity contribution in [3.63, 3.8) is 0 Å². The van der Waals surface area contributed by atoms with E-state index in [2.05, 4.69) is 25.8 Å². The van der Waals surface area contributed by atoms with Crippen LogP contribution in [0.2, 0.25) is 0 Å². The van der Waals surface area contributed by atoms with Crippen LogP contribution in [0.3, 0.4) is 0 Å². The van der Waals surface area contributed by atoms with Crippen LogP contribution in [0.4, 0.5) is 0 Å². The Morgan fingerprint density at radius 1 is 1.42 bits per heavy atom. The number of carbonyl (C=O) groups excluding carboxylic acids is 1. The van der Waals surface area contributed by atoms with Crippen LogP contribution in [0.5, 0.6) is 0 Å². The summed E-state index contributed by atoms with van der Waals surface area (Å²) in [5.41, 5.74) is 3.64. The van der Waals surface area contributed by atoms with Crippen molar-refractivity contribution in [2.24, 2.45) is 0 Å². The van der Waals surface area contributed by atoms with Crippen LogP contribution in [0.25, 0.3) is 0 Å². The van der Waals surface area contributed by atoms with Gasteiger partial charge in [-0.25, -0.2) is 4.98 Å². The van der Waals surface area contributed by atoms with Crippen LogP contribution < -0.4 is 0 Å². The number of hydrogen-bond acceptors (Lipinski definition) is 4. The number of ketones is 1. The molecule has 0 fully saturated rings. The summed E-state index contributed by atoms with van der Waals surface area (Å²) < 4.78 is 0.863. The third-order valence-electron chi connectivity index (χ3n) is 2.81. The molecule has 0 unspecified atom stereocenters. The van der Waals surface area contributed by atoms with Gasteiger partial charge in [-0.05, 0) is 13.1 Å². The topological polar surface area (TPSA) is 33.2 Å². The maximum atomic E-state index is 12.1. The normalized spacial score (nSPS) is 10.9. The molecular weight excluding hydrogens is 324 g/mol. The number of thiazole rings is 1. The highest BCUT2D eigenvalue weighted by atomic mass is 79.9. The zero-order valence-electron chi connectivity index (χ0n) is 10.7. The van der Waals surface area contributed by atoms with Crippen LogP contribution in [-0.4, -0.2) is 29.3 Å². The van der Waals surface area contributed by atoms with Gasteiger partial charge in [-0.3, -0.25) is 4.79 Å². The van der Waals surface area contributed by atoms with Crippen molar-refractivity contribution >= 4 is 33.0 Å². The molecule has 0 aliphatic rings.